The van der Waals surface area contributed by atoms with E-state index in [0.29, 0.717) is 16.9 Å². The lowest BCUT2D eigenvalue weighted by Crippen LogP contribution is -2.21. The number of benzene rings is 1. The first-order chi connectivity index (χ1) is 12.0. The van der Waals surface area contributed by atoms with Gasteiger partial charge in [0.1, 0.15) is 5.82 Å². The molecule has 25 heavy (non-hydrogen) atoms. The highest BCUT2D eigenvalue weighted by molar-refractivity contribution is 14.1. The number of nitrogens with one attached hydrogen (secondary N) is 2. The molecular formula is C15H12FIN6O2. The number of aromatic nitrogens is 3. The first kappa shape index (κ1) is 17.1. The standard InChI is InChI=1S/C15H12FIN6O2/c16-10-5-8(17)1-2-11(10)21-12-6-19-4-3-9(12)14-22-23-15(25-14)20-7-13(18)24/h1-6,21H,7H2,(H2,18,24)(H,20,23). The van der Waals surface area contributed by atoms with Gasteiger partial charge in [-0.2, -0.15) is 0 Å². The molecule has 0 aliphatic rings. The Morgan fingerprint density at radius 3 is 2.88 bits per heavy atom. The quantitative estimate of drug-likeness (QED) is 0.490. The number of anilines is 3. The largest absolute Gasteiger partial charge is 0.403 e. The average Bonchev–Trinajstić information content (AvgIpc) is 3.05. The fourth-order valence-corrected chi connectivity index (χ4v) is 2.44. The molecule has 0 saturated heterocycles. The van der Waals surface area contributed by atoms with Crippen LogP contribution in [0.15, 0.2) is 41.1 Å². The number of pyridine rings is 1. The van der Waals surface area contributed by atoms with Gasteiger partial charge in [0.05, 0.1) is 29.7 Å². The van der Waals surface area contributed by atoms with Gasteiger partial charge in [0.15, 0.2) is 0 Å². The van der Waals surface area contributed by atoms with Gasteiger partial charge in [-0.1, -0.05) is 5.10 Å². The zero-order chi connectivity index (χ0) is 17.8. The minimum Gasteiger partial charge on any atom is -0.403 e. The summed E-state index contributed by atoms with van der Waals surface area (Å²) in [7, 11) is 0. The van der Waals surface area contributed by atoms with E-state index in [1.54, 1.807) is 24.4 Å². The van der Waals surface area contributed by atoms with E-state index >= 15 is 0 Å². The third-order valence-corrected chi connectivity index (χ3v) is 3.76. The number of halogens is 2. The molecule has 2 heterocycles. The molecule has 0 aliphatic carbocycles. The molecule has 3 rings (SSSR count). The lowest BCUT2D eigenvalue weighted by atomic mass is 10.2. The minimum absolute atomic E-state index is 0.0528. The molecule has 2 aromatic heterocycles. The van der Waals surface area contributed by atoms with Crippen LogP contribution < -0.4 is 16.4 Å². The highest BCUT2D eigenvalue weighted by Crippen LogP contribution is 2.30. The number of amides is 1. The smallest absolute Gasteiger partial charge is 0.316 e. The Bertz CT molecular complexity index is 917. The van der Waals surface area contributed by atoms with Crippen LogP contribution in [0.5, 0.6) is 0 Å². The van der Waals surface area contributed by atoms with Gasteiger partial charge < -0.3 is 20.8 Å². The second-order valence-corrected chi connectivity index (χ2v) is 6.15. The number of hydrogen-bond donors (Lipinski definition) is 3. The van der Waals surface area contributed by atoms with Crippen LogP contribution in [0, 0.1) is 9.39 Å². The van der Waals surface area contributed by atoms with Crippen molar-refractivity contribution in [3.63, 3.8) is 0 Å². The molecule has 128 valence electrons. The van der Waals surface area contributed by atoms with Gasteiger partial charge in [-0.05, 0) is 46.9 Å². The van der Waals surface area contributed by atoms with Crippen molar-refractivity contribution in [2.45, 2.75) is 0 Å². The molecule has 0 fully saturated rings. The molecule has 0 bridgehead atoms. The Balaban J connectivity index is 1.87. The number of nitrogens with zero attached hydrogens (tertiary/aromatic N) is 3. The third-order valence-electron chi connectivity index (χ3n) is 3.09. The van der Waals surface area contributed by atoms with Gasteiger partial charge in [0, 0.05) is 9.77 Å². The van der Waals surface area contributed by atoms with Crippen molar-refractivity contribution in [2.75, 3.05) is 17.2 Å². The maximum absolute atomic E-state index is 14.1. The predicted octanol–water partition coefficient (Wildman–Crippen LogP) is 2.52. The van der Waals surface area contributed by atoms with E-state index in [1.807, 2.05) is 22.6 Å². The van der Waals surface area contributed by atoms with E-state index in [1.165, 1.54) is 12.3 Å². The second-order valence-electron chi connectivity index (χ2n) is 4.90. The van der Waals surface area contributed by atoms with Crippen LogP contribution in [0.4, 0.5) is 21.8 Å². The summed E-state index contributed by atoms with van der Waals surface area (Å²) in [6.07, 6.45) is 3.07. The van der Waals surface area contributed by atoms with Gasteiger partial charge in [-0.25, -0.2) is 4.39 Å². The fraction of sp³-hybridized carbons (Fsp3) is 0.0667. The number of carbonyl (C=O) groups excluding carboxylic acids is 1. The highest BCUT2D eigenvalue weighted by Gasteiger charge is 2.14. The van der Waals surface area contributed by atoms with E-state index < -0.39 is 11.7 Å². The van der Waals surface area contributed by atoms with Crippen molar-refractivity contribution in [2.24, 2.45) is 5.73 Å². The van der Waals surface area contributed by atoms with Crippen molar-refractivity contribution in [1.82, 2.24) is 15.2 Å². The number of hydrogen-bond acceptors (Lipinski definition) is 7. The predicted molar refractivity (Wildman–Crippen MR) is 97.6 cm³/mol. The molecule has 0 atom stereocenters. The van der Waals surface area contributed by atoms with Crippen LogP contribution in [-0.4, -0.2) is 27.6 Å². The molecule has 0 unspecified atom stereocenters. The number of nitrogens with two attached hydrogens (primary N) is 1. The van der Waals surface area contributed by atoms with Gasteiger partial charge in [-0.15, -0.1) is 5.10 Å². The molecule has 8 nitrogen and oxygen atoms in total. The van der Waals surface area contributed by atoms with E-state index in [0.717, 1.165) is 3.57 Å². The first-order valence-electron chi connectivity index (χ1n) is 7.05. The number of carbonyl (C=O) groups is 1. The number of primary amides is 1. The first-order valence-corrected chi connectivity index (χ1v) is 8.13. The molecule has 3 aromatic rings. The molecule has 10 heteroatoms. The van der Waals surface area contributed by atoms with Crippen LogP contribution in [0.2, 0.25) is 0 Å². The van der Waals surface area contributed by atoms with Crippen LogP contribution >= 0.6 is 22.6 Å². The third kappa shape index (κ3) is 4.21. The van der Waals surface area contributed by atoms with Crippen molar-refractivity contribution in [3.8, 4) is 11.5 Å². The molecule has 4 N–H and O–H groups in total. The molecule has 0 spiro atoms. The summed E-state index contributed by atoms with van der Waals surface area (Å²) in [5.74, 6) is -0.765. The van der Waals surface area contributed by atoms with Gasteiger partial charge in [-0.3, -0.25) is 9.78 Å². The molecule has 0 saturated carbocycles. The summed E-state index contributed by atoms with van der Waals surface area (Å²) < 4.78 is 20.3. The van der Waals surface area contributed by atoms with E-state index in [9.17, 15) is 9.18 Å². The van der Waals surface area contributed by atoms with E-state index in [4.69, 9.17) is 10.2 Å². The second kappa shape index (κ2) is 7.42. The zero-order valence-electron chi connectivity index (χ0n) is 12.7. The Morgan fingerprint density at radius 2 is 2.12 bits per heavy atom. The normalized spacial score (nSPS) is 10.5. The van der Waals surface area contributed by atoms with Crippen molar-refractivity contribution in [1.29, 1.82) is 0 Å². The molecule has 1 amide bonds. The summed E-state index contributed by atoms with van der Waals surface area (Å²) >= 11 is 2.03. The van der Waals surface area contributed by atoms with Crippen LogP contribution in [0.25, 0.3) is 11.5 Å². The topological polar surface area (TPSA) is 119 Å². The van der Waals surface area contributed by atoms with Crippen molar-refractivity contribution >= 4 is 45.9 Å². The Hall–Kier alpha value is -2.76. The maximum atomic E-state index is 14.1. The summed E-state index contributed by atoms with van der Waals surface area (Å²) in [5, 5.41) is 13.3. The van der Waals surface area contributed by atoms with E-state index in [-0.39, 0.29) is 18.5 Å². The maximum Gasteiger partial charge on any atom is 0.316 e. The number of rotatable bonds is 6. The molecule has 0 aliphatic heterocycles. The van der Waals surface area contributed by atoms with Gasteiger partial charge >= 0.3 is 6.01 Å². The average molecular weight is 454 g/mol. The minimum atomic E-state index is -0.555. The molecular weight excluding hydrogens is 442 g/mol. The lowest BCUT2D eigenvalue weighted by Gasteiger charge is -2.10. The highest BCUT2D eigenvalue weighted by atomic mass is 127. The summed E-state index contributed by atoms with van der Waals surface area (Å²) in [5.41, 5.74) is 6.37. The van der Waals surface area contributed by atoms with Crippen LogP contribution in [0.1, 0.15) is 0 Å². The lowest BCUT2D eigenvalue weighted by molar-refractivity contribution is -0.116. The Labute approximate surface area is 155 Å². The molecule has 0 radical (unpaired) electrons. The summed E-state index contributed by atoms with van der Waals surface area (Å²) in [6.45, 7) is -0.128. The fourth-order valence-electron chi connectivity index (χ4n) is 1.98. The van der Waals surface area contributed by atoms with Crippen molar-refractivity contribution in [3.05, 3.63) is 46.0 Å². The van der Waals surface area contributed by atoms with Crippen LogP contribution in [0.3, 0.4) is 0 Å². The SMILES string of the molecule is NC(=O)CNc1nnc(-c2ccncc2Nc2ccc(I)cc2F)o1. The summed E-state index contributed by atoms with van der Waals surface area (Å²) in [4.78, 5) is 14.8. The molecule has 1 aromatic carbocycles. The Kier molecular flexibility index (Phi) is 5.07. The van der Waals surface area contributed by atoms with Crippen molar-refractivity contribution < 1.29 is 13.6 Å². The summed E-state index contributed by atoms with van der Waals surface area (Å²) in [6, 6.07) is 6.52. The zero-order valence-corrected chi connectivity index (χ0v) is 14.8. The van der Waals surface area contributed by atoms with Gasteiger partial charge in [0.25, 0.3) is 5.89 Å². The van der Waals surface area contributed by atoms with E-state index in [2.05, 4.69) is 25.8 Å². The van der Waals surface area contributed by atoms with Crippen LogP contribution in [-0.2, 0) is 4.79 Å². The Morgan fingerprint density at radius 1 is 1.28 bits per heavy atom. The van der Waals surface area contributed by atoms with Gasteiger partial charge in [0.2, 0.25) is 5.91 Å². The monoisotopic (exact) mass is 454 g/mol.